The van der Waals surface area contributed by atoms with Crippen molar-refractivity contribution in [3.05, 3.63) is 61.9 Å². The molecule has 33 heavy (non-hydrogen) atoms. The summed E-state index contributed by atoms with van der Waals surface area (Å²) in [6.07, 6.45) is 5.10. The lowest BCUT2D eigenvalue weighted by atomic mass is 10.1. The highest BCUT2D eigenvalue weighted by Crippen LogP contribution is 2.36. The number of hydrogen-bond acceptors (Lipinski definition) is 8. The highest BCUT2D eigenvalue weighted by atomic mass is 32.1. The topological polar surface area (TPSA) is 101 Å². The fourth-order valence-corrected chi connectivity index (χ4v) is 5.50. The summed E-state index contributed by atoms with van der Waals surface area (Å²) >= 11 is 3.02. The van der Waals surface area contributed by atoms with E-state index < -0.39 is 18.5 Å². The number of ether oxygens (including phenoxy) is 2. The number of nitriles is 1. The number of benzene rings is 1. The van der Waals surface area contributed by atoms with E-state index in [1.165, 1.54) is 16.2 Å². The first-order chi connectivity index (χ1) is 16.0. The van der Waals surface area contributed by atoms with E-state index in [4.69, 9.17) is 9.47 Å². The van der Waals surface area contributed by atoms with Crippen LogP contribution in [0.5, 0.6) is 5.75 Å². The van der Waals surface area contributed by atoms with Crippen LogP contribution in [-0.4, -0.2) is 23.5 Å². The Morgan fingerprint density at radius 2 is 1.97 bits per heavy atom. The van der Waals surface area contributed by atoms with Crippen LogP contribution in [0, 0.1) is 18.3 Å². The Morgan fingerprint density at radius 3 is 2.70 bits per heavy atom. The number of thiazole rings is 1. The number of aryl methyl sites for hydroxylation is 2. The molecule has 0 saturated carbocycles. The summed E-state index contributed by atoms with van der Waals surface area (Å²) in [7, 11) is 0. The molecular formula is C24H23N3O4S2. The molecule has 0 spiro atoms. The number of aromatic nitrogens is 1. The highest BCUT2D eigenvalue weighted by Gasteiger charge is 2.21. The van der Waals surface area contributed by atoms with Gasteiger partial charge in [-0.2, -0.15) is 5.26 Å². The number of thiophene rings is 1. The summed E-state index contributed by atoms with van der Waals surface area (Å²) in [5.74, 6) is -0.458. The molecule has 0 fully saturated rings. The van der Waals surface area contributed by atoms with Gasteiger partial charge in [-0.25, -0.2) is 9.78 Å². The molecule has 1 aromatic carbocycles. The molecule has 0 radical (unpaired) electrons. The van der Waals surface area contributed by atoms with Gasteiger partial charge in [-0.05, 0) is 62.4 Å². The highest BCUT2D eigenvalue weighted by molar-refractivity contribution is 7.16. The fraction of sp³-hybridized carbons (Fsp3) is 0.333. The molecule has 1 N–H and O–H groups in total. The van der Waals surface area contributed by atoms with Gasteiger partial charge in [-0.3, -0.25) is 4.79 Å². The summed E-state index contributed by atoms with van der Waals surface area (Å²) in [6, 6.07) is 8.75. The van der Waals surface area contributed by atoms with E-state index in [2.05, 4.69) is 16.4 Å². The van der Waals surface area contributed by atoms with Crippen molar-refractivity contribution in [3.8, 4) is 11.8 Å². The van der Waals surface area contributed by atoms with Crippen LogP contribution >= 0.6 is 22.7 Å². The van der Waals surface area contributed by atoms with E-state index in [1.54, 1.807) is 35.6 Å². The van der Waals surface area contributed by atoms with Crippen molar-refractivity contribution in [2.24, 2.45) is 0 Å². The average molecular weight is 482 g/mol. The molecule has 0 unspecified atom stereocenters. The summed E-state index contributed by atoms with van der Waals surface area (Å²) < 4.78 is 10.8. The molecule has 1 amide bonds. The van der Waals surface area contributed by atoms with E-state index in [0.29, 0.717) is 28.5 Å². The average Bonchev–Trinajstić information content (AvgIpc) is 3.30. The number of carbonyl (C=O) groups excluding carboxylic acids is 2. The van der Waals surface area contributed by atoms with Gasteiger partial charge in [-0.15, -0.1) is 22.7 Å². The van der Waals surface area contributed by atoms with Crippen LogP contribution in [0.25, 0.3) is 0 Å². The summed E-state index contributed by atoms with van der Waals surface area (Å²) in [4.78, 5) is 30.2. The van der Waals surface area contributed by atoms with Crippen molar-refractivity contribution in [2.75, 3.05) is 11.9 Å². The number of nitrogens with one attached hydrogen (secondary N) is 1. The van der Waals surface area contributed by atoms with Gasteiger partial charge in [-0.1, -0.05) is 6.42 Å². The van der Waals surface area contributed by atoms with Crippen molar-refractivity contribution in [1.29, 1.82) is 5.26 Å². The van der Waals surface area contributed by atoms with Gasteiger partial charge in [0, 0.05) is 10.3 Å². The summed E-state index contributed by atoms with van der Waals surface area (Å²) in [5.41, 5.74) is 2.77. The van der Waals surface area contributed by atoms with E-state index >= 15 is 0 Å². The Kier molecular flexibility index (Phi) is 7.37. The Hall–Kier alpha value is -3.22. The van der Waals surface area contributed by atoms with Crippen LogP contribution in [0.2, 0.25) is 0 Å². The molecule has 0 saturated heterocycles. The standard InChI is InChI=1S/C24H23N3O4S2/c1-15-26-17(14-32-15)12-30-18-9-7-16(8-10-18)24(29)31-13-22(28)27-23-20(11-25)19-5-3-2-4-6-21(19)33-23/h7-10,14H,2-6,12-13H2,1H3,(H,27,28). The number of amides is 1. The van der Waals surface area contributed by atoms with E-state index in [1.807, 2.05) is 12.3 Å². The number of fused-ring (bicyclic) bond motifs is 1. The van der Waals surface area contributed by atoms with Gasteiger partial charge < -0.3 is 14.8 Å². The Labute approximate surface area is 200 Å². The van der Waals surface area contributed by atoms with Gasteiger partial charge in [0.25, 0.3) is 5.91 Å². The Bertz CT molecular complexity index is 1190. The number of hydrogen-bond donors (Lipinski definition) is 1. The third kappa shape index (κ3) is 5.78. The van der Waals surface area contributed by atoms with Crippen molar-refractivity contribution in [2.45, 2.75) is 45.6 Å². The first-order valence-electron chi connectivity index (χ1n) is 10.7. The van der Waals surface area contributed by atoms with Crippen LogP contribution in [0.4, 0.5) is 5.00 Å². The molecule has 4 rings (SSSR count). The Balaban J connectivity index is 1.29. The smallest absolute Gasteiger partial charge is 0.338 e. The van der Waals surface area contributed by atoms with Crippen molar-refractivity contribution < 1.29 is 19.1 Å². The largest absolute Gasteiger partial charge is 0.487 e. The lowest BCUT2D eigenvalue weighted by molar-refractivity contribution is -0.119. The van der Waals surface area contributed by atoms with Crippen LogP contribution in [0.3, 0.4) is 0 Å². The van der Waals surface area contributed by atoms with Crippen molar-refractivity contribution in [1.82, 2.24) is 4.98 Å². The molecule has 1 aliphatic carbocycles. The number of rotatable bonds is 7. The summed E-state index contributed by atoms with van der Waals surface area (Å²) in [5, 5.41) is 15.8. The maximum absolute atomic E-state index is 12.4. The third-order valence-electron chi connectivity index (χ3n) is 5.26. The maximum atomic E-state index is 12.4. The van der Waals surface area contributed by atoms with E-state index in [9.17, 15) is 14.9 Å². The summed E-state index contributed by atoms with van der Waals surface area (Å²) in [6.45, 7) is 1.87. The molecule has 1 aliphatic rings. The third-order valence-corrected chi connectivity index (χ3v) is 7.29. The van der Waals surface area contributed by atoms with Crippen LogP contribution in [-0.2, 0) is 29.0 Å². The van der Waals surface area contributed by atoms with Gasteiger partial charge in [0.2, 0.25) is 0 Å². The van der Waals surface area contributed by atoms with Crippen LogP contribution < -0.4 is 10.1 Å². The van der Waals surface area contributed by atoms with Gasteiger partial charge in [0.1, 0.15) is 23.4 Å². The van der Waals surface area contributed by atoms with Crippen molar-refractivity contribution >= 4 is 39.6 Å². The van der Waals surface area contributed by atoms with Gasteiger partial charge in [0.15, 0.2) is 6.61 Å². The molecule has 170 valence electrons. The first-order valence-corrected chi connectivity index (χ1v) is 12.4. The lowest BCUT2D eigenvalue weighted by Gasteiger charge is -2.07. The quantitative estimate of drug-likeness (QED) is 0.375. The normalized spacial score (nSPS) is 12.8. The predicted molar refractivity (Wildman–Crippen MR) is 127 cm³/mol. The van der Waals surface area contributed by atoms with Gasteiger partial charge >= 0.3 is 5.97 Å². The monoisotopic (exact) mass is 481 g/mol. The second-order valence-electron chi connectivity index (χ2n) is 7.68. The molecule has 3 aromatic rings. The molecule has 7 nitrogen and oxygen atoms in total. The zero-order chi connectivity index (χ0) is 23.2. The number of carbonyl (C=O) groups is 2. The minimum atomic E-state index is -0.603. The molecule has 2 aromatic heterocycles. The predicted octanol–water partition coefficient (Wildman–Crippen LogP) is 5.03. The number of nitrogens with zero attached hydrogens (tertiary/aromatic N) is 2. The second-order valence-corrected chi connectivity index (χ2v) is 9.84. The molecule has 0 aliphatic heterocycles. The minimum Gasteiger partial charge on any atom is -0.487 e. The number of anilines is 1. The molecular weight excluding hydrogens is 458 g/mol. The molecule has 2 heterocycles. The molecule has 0 atom stereocenters. The Morgan fingerprint density at radius 1 is 1.18 bits per heavy atom. The maximum Gasteiger partial charge on any atom is 0.338 e. The van der Waals surface area contributed by atoms with Crippen molar-refractivity contribution in [3.63, 3.8) is 0 Å². The lowest BCUT2D eigenvalue weighted by Crippen LogP contribution is -2.20. The molecule has 0 bridgehead atoms. The fourth-order valence-electron chi connectivity index (χ4n) is 3.65. The van der Waals surface area contributed by atoms with E-state index in [-0.39, 0.29) is 0 Å². The SMILES string of the molecule is Cc1nc(COc2ccc(C(=O)OCC(=O)Nc3sc4c(c3C#N)CCCCC4)cc2)cs1. The zero-order valence-electron chi connectivity index (χ0n) is 18.2. The van der Waals surface area contributed by atoms with Crippen LogP contribution in [0.15, 0.2) is 29.6 Å². The van der Waals surface area contributed by atoms with Crippen LogP contribution in [0.1, 0.15) is 56.3 Å². The first kappa shape index (κ1) is 23.0. The molecule has 9 heteroatoms. The zero-order valence-corrected chi connectivity index (χ0v) is 19.8. The van der Waals surface area contributed by atoms with Gasteiger partial charge in [0.05, 0.1) is 21.8 Å². The van der Waals surface area contributed by atoms with E-state index in [0.717, 1.165) is 48.4 Å². The minimum absolute atomic E-state index is 0.320. The number of esters is 1. The second kappa shape index (κ2) is 10.6.